The monoisotopic (exact) mass is 329 g/mol. The van der Waals surface area contributed by atoms with Crippen molar-refractivity contribution < 1.29 is 14.7 Å². The van der Waals surface area contributed by atoms with E-state index < -0.39 is 11.5 Å². The molecule has 1 aromatic heterocycles. The Bertz CT molecular complexity index is 964. The Hall–Kier alpha value is -2.79. The lowest BCUT2D eigenvalue weighted by atomic mass is 9.97. The SMILES string of the molecule is COn1c(C(=O)O)c(-c2ccccc2)c2cc(Cl)ccc2c1=O. The van der Waals surface area contributed by atoms with E-state index in [4.69, 9.17) is 16.4 Å². The smallest absolute Gasteiger partial charge is 0.356 e. The van der Waals surface area contributed by atoms with Gasteiger partial charge in [0.25, 0.3) is 5.56 Å². The van der Waals surface area contributed by atoms with Crippen LogP contribution in [0.1, 0.15) is 10.5 Å². The molecule has 23 heavy (non-hydrogen) atoms. The molecule has 0 aliphatic heterocycles. The topological polar surface area (TPSA) is 68.5 Å². The van der Waals surface area contributed by atoms with Gasteiger partial charge in [0, 0.05) is 10.6 Å². The molecule has 0 atom stereocenters. The maximum Gasteiger partial charge on any atom is 0.356 e. The Kier molecular flexibility index (Phi) is 3.80. The first-order valence-corrected chi connectivity index (χ1v) is 7.14. The number of aromatic nitrogens is 1. The van der Waals surface area contributed by atoms with Crippen molar-refractivity contribution in [3.63, 3.8) is 0 Å². The fraction of sp³-hybridized carbons (Fsp3) is 0.0588. The number of nitrogens with zero attached hydrogens (tertiary/aromatic N) is 1. The maximum absolute atomic E-state index is 12.5. The van der Waals surface area contributed by atoms with Crippen molar-refractivity contribution in [3.8, 4) is 11.1 Å². The molecule has 5 nitrogen and oxygen atoms in total. The van der Waals surface area contributed by atoms with E-state index >= 15 is 0 Å². The third-order valence-electron chi connectivity index (χ3n) is 3.55. The molecule has 0 aliphatic carbocycles. The summed E-state index contributed by atoms with van der Waals surface area (Å²) in [6, 6.07) is 13.7. The molecule has 116 valence electrons. The third kappa shape index (κ3) is 2.45. The van der Waals surface area contributed by atoms with Gasteiger partial charge in [-0.25, -0.2) is 4.79 Å². The van der Waals surface area contributed by atoms with Gasteiger partial charge in [-0.05, 0) is 29.1 Å². The minimum atomic E-state index is -1.26. The number of fused-ring (bicyclic) bond motifs is 1. The summed E-state index contributed by atoms with van der Waals surface area (Å²) in [6.07, 6.45) is 0. The van der Waals surface area contributed by atoms with Crippen LogP contribution in [-0.2, 0) is 0 Å². The first-order chi connectivity index (χ1) is 11.0. The van der Waals surface area contributed by atoms with E-state index in [-0.39, 0.29) is 5.69 Å². The minimum Gasteiger partial charge on any atom is -0.476 e. The molecule has 0 unspecified atom stereocenters. The Morgan fingerprint density at radius 3 is 2.43 bits per heavy atom. The van der Waals surface area contributed by atoms with E-state index in [1.165, 1.54) is 7.11 Å². The third-order valence-corrected chi connectivity index (χ3v) is 3.79. The van der Waals surface area contributed by atoms with E-state index in [0.717, 1.165) is 4.73 Å². The van der Waals surface area contributed by atoms with Crippen LogP contribution in [0.3, 0.4) is 0 Å². The molecule has 0 saturated heterocycles. The number of hydrogen-bond acceptors (Lipinski definition) is 3. The van der Waals surface area contributed by atoms with Crippen LogP contribution in [0.2, 0.25) is 5.02 Å². The van der Waals surface area contributed by atoms with Gasteiger partial charge in [-0.15, -0.1) is 4.73 Å². The molecule has 0 saturated carbocycles. The number of hydrogen-bond donors (Lipinski definition) is 1. The maximum atomic E-state index is 12.5. The number of halogens is 1. The largest absolute Gasteiger partial charge is 0.476 e. The second-order valence-corrected chi connectivity index (χ2v) is 5.30. The van der Waals surface area contributed by atoms with Crippen molar-refractivity contribution in [2.75, 3.05) is 7.11 Å². The number of pyridine rings is 1. The van der Waals surface area contributed by atoms with E-state index in [1.54, 1.807) is 42.5 Å². The van der Waals surface area contributed by atoms with Crippen molar-refractivity contribution in [3.05, 3.63) is 69.6 Å². The summed E-state index contributed by atoms with van der Waals surface area (Å²) in [5.41, 5.74) is 0.259. The first-order valence-electron chi connectivity index (χ1n) is 6.76. The zero-order chi connectivity index (χ0) is 16.6. The number of carboxylic acids is 1. The summed E-state index contributed by atoms with van der Waals surface area (Å²) in [6.45, 7) is 0. The van der Waals surface area contributed by atoms with Crippen LogP contribution in [0, 0.1) is 0 Å². The molecule has 2 aromatic carbocycles. The van der Waals surface area contributed by atoms with Gasteiger partial charge >= 0.3 is 5.97 Å². The zero-order valence-corrected chi connectivity index (χ0v) is 12.9. The van der Waals surface area contributed by atoms with Gasteiger partial charge in [-0.3, -0.25) is 4.79 Å². The number of carbonyl (C=O) groups is 1. The molecule has 0 amide bonds. The summed E-state index contributed by atoms with van der Waals surface area (Å²) >= 11 is 6.05. The van der Waals surface area contributed by atoms with Gasteiger partial charge < -0.3 is 9.94 Å². The number of carboxylic acid groups (broad SMARTS) is 1. The normalized spacial score (nSPS) is 10.7. The first kappa shape index (κ1) is 15.1. The molecule has 3 aromatic rings. The summed E-state index contributed by atoms with van der Waals surface area (Å²) in [7, 11) is 1.25. The van der Waals surface area contributed by atoms with Gasteiger partial charge in [-0.1, -0.05) is 41.9 Å². The highest BCUT2D eigenvalue weighted by Gasteiger charge is 2.23. The van der Waals surface area contributed by atoms with Crippen molar-refractivity contribution in [1.29, 1.82) is 0 Å². The Morgan fingerprint density at radius 2 is 1.83 bits per heavy atom. The molecule has 0 aliphatic rings. The average molecular weight is 330 g/mol. The van der Waals surface area contributed by atoms with Crippen molar-refractivity contribution in [2.24, 2.45) is 0 Å². The van der Waals surface area contributed by atoms with Gasteiger partial charge in [0.2, 0.25) is 0 Å². The van der Waals surface area contributed by atoms with Gasteiger partial charge in [-0.2, -0.15) is 0 Å². The second kappa shape index (κ2) is 5.78. The van der Waals surface area contributed by atoms with Gasteiger partial charge in [0.15, 0.2) is 5.69 Å². The van der Waals surface area contributed by atoms with Crippen LogP contribution in [0.15, 0.2) is 53.3 Å². The molecule has 6 heteroatoms. The molecule has 1 N–H and O–H groups in total. The fourth-order valence-electron chi connectivity index (χ4n) is 2.61. The summed E-state index contributed by atoms with van der Waals surface area (Å²) in [4.78, 5) is 29.3. The van der Waals surface area contributed by atoms with Crippen LogP contribution in [0.4, 0.5) is 0 Å². The standard InChI is InChI=1S/C17H12ClNO4/c1-23-19-15(17(21)22)14(10-5-3-2-4-6-10)13-9-11(18)7-8-12(13)16(19)20/h2-9H,1H3,(H,21,22). The highest BCUT2D eigenvalue weighted by molar-refractivity contribution is 6.31. The Morgan fingerprint density at radius 1 is 1.13 bits per heavy atom. The summed E-state index contributed by atoms with van der Waals surface area (Å²) in [5, 5.41) is 10.8. The van der Waals surface area contributed by atoms with E-state index in [0.29, 0.717) is 26.9 Å². The molecule has 0 fully saturated rings. The molecular weight excluding hydrogens is 318 g/mol. The lowest BCUT2D eigenvalue weighted by molar-refractivity contribution is 0.0632. The number of rotatable bonds is 3. The predicted octanol–water partition coefficient (Wildman–Crippen LogP) is 3.08. The van der Waals surface area contributed by atoms with Crippen molar-refractivity contribution in [1.82, 2.24) is 4.73 Å². The van der Waals surface area contributed by atoms with Gasteiger partial charge in [0.05, 0.1) is 5.39 Å². The minimum absolute atomic E-state index is 0.238. The zero-order valence-electron chi connectivity index (χ0n) is 12.1. The molecule has 0 spiro atoms. The van der Waals surface area contributed by atoms with E-state index in [1.807, 2.05) is 6.07 Å². The van der Waals surface area contributed by atoms with Crippen LogP contribution in [0.5, 0.6) is 0 Å². The molecule has 0 bridgehead atoms. The fourth-order valence-corrected chi connectivity index (χ4v) is 2.79. The highest BCUT2D eigenvalue weighted by atomic mass is 35.5. The van der Waals surface area contributed by atoms with Crippen molar-refractivity contribution >= 4 is 28.3 Å². The molecule has 0 radical (unpaired) electrons. The van der Waals surface area contributed by atoms with Crippen molar-refractivity contribution in [2.45, 2.75) is 0 Å². The second-order valence-electron chi connectivity index (χ2n) is 4.87. The lowest BCUT2D eigenvalue weighted by Gasteiger charge is -2.16. The number of aromatic carboxylic acids is 1. The summed E-state index contributed by atoms with van der Waals surface area (Å²) in [5.74, 6) is -1.26. The van der Waals surface area contributed by atoms with E-state index in [9.17, 15) is 14.7 Å². The highest BCUT2D eigenvalue weighted by Crippen LogP contribution is 2.32. The van der Waals surface area contributed by atoms with Crippen LogP contribution in [-0.4, -0.2) is 22.9 Å². The molecule has 1 heterocycles. The predicted molar refractivity (Wildman–Crippen MR) is 88.1 cm³/mol. The lowest BCUT2D eigenvalue weighted by Crippen LogP contribution is -2.31. The Balaban J connectivity index is 2.60. The molecular formula is C17H12ClNO4. The summed E-state index contributed by atoms with van der Waals surface area (Å²) < 4.78 is 0.793. The Labute approximate surface area is 136 Å². The van der Waals surface area contributed by atoms with Crippen LogP contribution in [0.25, 0.3) is 21.9 Å². The van der Waals surface area contributed by atoms with Crippen LogP contribution < -0.4 is 10.4 Å². The molecule has 3 rings (SSSR count). The van der Waals surface area contributed by atoms with E-state index in [2.05, 4.69) is 0 Å². The average Bonchev–Trinajstić information content (AvgIpc) is 2.55. The van der Waals surface area contributed by atoms with Gasteiger partial charge in [0.1, 0.15) is 7.11 Å². The number of benzene rings is 2. The van der Waals surface area contributed by atoms with Crippen LogP contribution >= 0.6 is 11.6 Å². The quantitative estimate of drug-likeness (QED) is 0.801.